The molecule has 3 N–H and O–H groups in total. The Bertz CT molecular complexity index is 1410. The molecule has 0 fully saturated rings. The molecule has 0 spiro atoms. The molecule has 1 aromatic heterocycles. The highest BCUT2D eigenvalue weighted by Crippen LogP contribution is 2.25. The Hall–Kier alpha value is -4.47. The van der Waals surface area contributed by atoms with Crippen molar-refractivity contribution in [2.24, 2.45) is 5.73 Å². The summed E-state index contributed by atoms with van der Waals surface area (Å²) in [5.74, 6) is -0.865. The van der Waals surface area contributed by atoms with Gasteiger partial charge >= 0.3 is 6.36 Å². The van der Waals surface area contributed by atoms with Gasteiger partial charge < -0.3 is 15.8 Å². The van der Waals surface area contributed by atoms with E-state index in [4.69, 9.17) is 5.73 Å². The maximum Gasteiger partial charge on any atom is 0.573 e. The smallest absolute Gasteiger partial charge is 0.406 e. The molecular weight excluding hydrogens is 461 g/mol. The van der Waals surface area contributed by atoms with Crippen LogP contribution >= 0.6 is 0 Å². The van der Waals surface area contributed by atoms with Crippen molar-refractivity contribution < 1.29 is 27.5 Å². The van der Waals surface area contributed by atoms with E-state index >= 15 is 0 Å². The quantitative estimate of drug-likeness (QED) is 0.355. The summed E-state index contributed by atoms with van der Waals surface area (Å²) in [6, 6.07) is 17.3. The molecule has 3 aromatic carbocycles. The number of primary amides is 1. The summed E-state index contributed by atoms with van der Waals surface area (Å²) < 4.78 is 41.3. The second kappa shape index (κ2) is 9.80. The van der Waals surface area contributed by atoms with Crippen LogP contribution in [-0.4, -0.2) is 28.0 Å². The summed E-state index contributed by atoms with van der Waals surface area (Å²) in [7, 11) is 0. The van der Waals surface area contributed by atoms with Crippen molar-refractivity contribution in [2.75, 3.05) is 5.32 Å². The van der Waals surface area contributed by atoms with Crippen molar-refractivity contribution in [3.8, 4) is 5.75 Å². The zero-order chi connectivity index (χ0) is 25.0. The van der Waals surface area contributed by atoms with E-state index in [0.29, 0.717) is 28.8 Å². The zero-order valence-corrected chi connectivity index (χ0v) is 18.2. The van der Waals surface area contributed by atoms with Gasteiger partial charge in [0.1, 0.15) is 17.9 Å². The van der Waals surface area contributed by atoms with Gasteiger partial charge in [-0.15, -0.1) is 13.2 Å². The molecule has 0 saturated carbocycles. The molecule has 178 valence electrons. The molecule has 0 aliphatic carbocycles. The molecule has 0 aliphatic rings. The number of amides is 1. The van der Waals surface area contributed by atoms with Crippen molar-refractivity contribution >= 4 is 28.4 Å². The van der Waals surface area contributed by atoms with Crippen LogP contribution in [0.15, 0.2) is 73.1 Å². The zero-order valence-electron chi connectivity index (χ0n) is 18.2. The third-order valence-electron chi connectivity index (χ3n) is 5.14. The van der Waals surface area contributed by atoms with Gasteiger partial charge in [0.25, 0.3) is 5.91 Å². The lowest BCUT2D eigenvalue weighted by atomic mass is 10.0. The predicted molar refractivity (Wildman–Crippen MR) is 123 cm³/mol. The first-order chi connectivity index (χ1) is 16.7. The number of ketones is 1. The van der Waals surface area contributed by atoms with Gasteiger partial charge in [-0.25, -0.2) is 9.97 Å². The van der Waals surface area contributed by atoms with Crippen molar-refractivity contribution in [3.63, 3.8) is 0 Å². The predicted octanol–water partition coefficient (Wildman–Crippen LogP) is 4.66. The average molecular weight is 480 g/mol. The molecule has 0 saturated heterocycles. The first-order valence-electron chi connectivity index (χ1n) is 10.4. The van der Waals surface area contributed by atoms with Crippen LogP contribution in [-0.2, 0) is 13.0 Å². The number of alkyl halides is 3. The summed E-state index contributed by atoms with van der Waals surface area (Å²) in [4.78, 5) is 32.7. The minimum atomic E-state index is -4.83. The lowest BCUT2D eigenvalue weighted by molar-refractivity contribution is -0.274. The molecule has 10 heteroatoms. The fourth-order valence-electron chi connectivity index (χ4n) is 3.62. The van der Waals surface area contributed by atoms with Crippen LogP contribution in [0.4, 0.5) is 19.0 Å². The number of nitrogens with one attached hydrogen (secondary N) is 1. The second-order valence-corrected chi connectivity index (χ2v) is 7.64. The number of benzene rings is 3. The number of halogens is 3. The molecule has 0 radical (unpaired) electrons. The molecule has 0 unspecified atom stereocenters. The average Bonchev–Trinajstić information content (AvgIpc) is 2.81. The van der Waals surface area contributed by atoms with E-state index in [0.717, 1.165) is 17.7 Å². The SMILES string of the molecule is NC(=O)c1cccc2c(NCc3cccc(CC(=O)c4cccc(OC(F)(F)F)c4)c3)ncnc12. The fraction of sp³-hybridized carbons (Fsp3) is 0.120. The minimum Gasteiger partial charge on any atom is -0.406 e. The monoisotopic (exact) mass is 480 g/mol. The van der Waals surface area contributed by atoms with E-state index in [9.17, 15) is 22.8 Å². The minimum absolute atomic E-state index is 0.00171. The van der Waals surface area contributed by atoms with E-state index in [1.807, 2.05) is 12.1 Å². The van der Waals surface area contributed by atoms with Crippen LogP contribution in [0.25, 0.3) is 10.9 Å². The number of aromatic nitrogens is 2. The molecule has 0 atom stereocenters. The molecule has 1 heterocycles. The third-order valence-corrected chi connectivity index (χ3v) is 5.14. The molecule has 4 rings (SSSR count). The first-order valence-corrected chi connectivity index (χ1v) is 10.4. The largest absolute Gasteiger partial charge is 0.573 e. The van der Waals surface area contributed by atoms with E-state index < -0.39 is 18.0 Å². The first kappa shape index (κ1) is 23.7. The van der Waals surface area contributed by atoms with Crippen LogP contribution in [0.2, 0.25) is 0 Å². The van der Waals surface area contributed by atoms with Gasteiger partial charge in [-0.1, -0.05) is 42.5 Å². The maximum atomic E-state index is 12.6. The van der Waals surface area contributed by atoms with E-state index in [-0.39, 0.29) is 23.3 Å². The highest BCUT2D eigenvalue weighted by Gasteiger charge is 2.31. The number of carbonyl (C=O) groups excluding carboxylic acids is 2. The van der Waals surface area contributed by atoms with Crippen LogP contribution in [0.5, 0.6) is 5.75 Å². The lowest BCUT2D eigenvalue weighted by Crippen LogP contribution is -2.17. The second-order valence-electron chi connectivity index (χ2n) is 7.64. The van der Waals surface area contributed by atoms with Crippen molar-refractivity contribution in [3.05, 3.63) is 95.3 Å². The number of carbonyl (C=O) groups is 2. The molecule has 0 bridgehead atoms. The number of fused-ring (bicyclic) bond motifs is 1. The Morgan fingerprint density at radius 1 is 0.943 bits per heavy atom. The number of para-hydroxylation sites is 1. The standard InChI is InChI=1S/C25H19F3N4O3/c26-25(27,28)35-18-7-2-6-17(12-18)21(33)11-15-4-1-5-16(10-15)13-30-24-20-9-3-8-19(23(29)34)22(20)31-14-32-24/h1-10,12,14H,11,13H2,(H2,29,34)(H,30,31,32). The number of nitrogens with two attached hydrogens (primary N) is 1. The van der Waals surface area contributed by atoms with Gasteiger partial charge in [0.15, 0.2) is 5.78 Å². The van der Waals surface area contributed by atoms with Crippen LogP contribution in [0.3, 0.4) is 0 Å². The van der Waals surface area contributed by atoms with Crippen LogP contribution in [0.1, 0.15) is 31.8 Å². The topological polar surface area (TPSA) is 107 Å². The number of Topliss-reactive ketones (excluding diaryl/α,β-unsaturated/α-hetero) is 1. The molecular formula is C25H19F3N4O3. The van der Waals surface area contributed by atoms with Gasteiger partial charge in [-0.3, -0.25) is 9.59 Å². The van der Waals surface area contributed by atoms with E-state index in [1.54, 1.807) is 30.3 Å². The highest BCUT2D eigenvalue weighted by atomic mass is 19.4. The summed E-state index contributed by atoms with van der Waals surface area (Å²) >= 11 is 0. The van der Waals surface area contributed by atoms with Gasteiger partial charge in [0, 0.05) is 23.9 Å². The Balaban J connectivity index is 1.47. The number of hydrogen-bond acceptors (Lipinski definition) is 6. The Morgan fingerprint density at radius 2 is 1.69 bits per heavy atom. The van der Waals surface area contributed by atoms with Gasteiger partial charge in [-0.2, -0.15) is 0 Å². The van der Waals surface area contributed by atoms with E-state index in [2.05, 4.69) is 20.0 Å². The third kappa shape index (κ3) is 5.91. The normalized spacial score (nSPS) is 11.3. The highest BCUT2D eigenvalue weighted by molar-refractivity contribution is 6.06. The van der Waals surface area contributed by atoms with Crippen molar-refractivity contribution in [1.29, 1.82) is 0 Å². The Morgan fingerprint density at radius 3 is 2.46 bits per heavy atom. The summed E-state index contributed by atoms with van der Waals surface area (Å²) in [6.07, 6.45) is -3.50. The maximum absolute atomic E-state index is 12.6. The molecule has 7 nitrogen and oxygen atoms in total. The molecule has 0 aliphatic heterocycles. The Labute approximate surface area is 197 Å². The van der Waals surface area contributed by atoms with Gasteiger partial charge in [0.05, 0.1) is 11.1 Å². The number of anilines is 1. The van der Waals surface area contributed by atoms with Crippen molar-refractivity contribution in [1.82, 2.24) is 9.97 Å². The molecule has 35 heavy (non-hydrogen) atoms. The van der Waals surface area contributed by atoms with E-state index in [1.165, 1.54) is 18.5 Å². The van der Waals surface area contributed by atoms with Gasteiger partial charge in [-0.05, 0) is 35.4 Å². The Kier molecular flexibility index (Phi) is 6.63. The number of rotatable bonds is 8. The summed E-state index contributed by atoms with van der Waals surface area (Å²) in [6.45, 7) is 0.365. The lowest BCUT2D eigenvalue weighted by Gasteiger charge is -2.11. The molecule has 1 amide bonds. The van der Waals surface area contributed by atoms with Crippen LogP contribution in [0, 0.1) is 0 Å². The van der Waals surface area contributed by atoms with Crippen LogP contribution < -0.4 is 15.8 Å². The number of hydrogen-bond donors (Lipinski definition) is 2. The van der Waals surface area contributed by atoms with Crippen molar-refractivity contribution in [2.45, 2.75) is 19.3 Å². The van der Waals surface area contributed by atoms with Gasteiger partial charge in [0.2, 0.25) is 0 Å². The summed E-state index contributed by atoms with van der Waals surface area (Å²) in [5, 5.41) is 3.84. The fourth-order valence-corrected chi connectivity index (χ4v) is 3.62. The number of ether oxygens (including phenoxy) is 1. The number of nitrogens with zero attached hydrogens (tertiary/aromatic N) is 2. The summed E-state index contributed by atoms with van der Waals surface area (Å²) in [5.41, 5.74) is 7.82. The molecule has 4 aromatic rings.